The van der Waals surface area contributed by atoms with Crippen LogP contribution in [0.25, 0.3) is 0 Å². The molecule has 2 aromatic rings. The van der Waals surface area contributed by atoms with E-state index in [-0.39, 0.29) is 5.69 Å². The topological polar surface area (TPSA) is 103 Å². The summed E-state index contributed by atoms with van der Waals surface area (Å²) in [7, 11) is 3.00. The number of carbonyl (C=O) groups is 1. The number of hydrogen-bond donors (Lipinski definition) is 2. The summed E-state index contributed by atoms with van der Waals surface area (Å²) in [5, 5.41) is 15.9. The molecule has 8 nitrogen and oxygen atoms in total. The molecule has 0 heterocycles. The molecule has 8 heteroatoms. The minimum absolute atomic E-state index is 0.107. The van der Waals surface area contributed by atoms with Crippen molar-refractivity contribution >= 4 is 23.1 Å². The fraction of sp³-hybridized carbons (Fsp3) is 0.133. The van der Waals surface area contributed by atoms with Crippen molar-refractivity contribution in [1.29, 1.82) is 0 Å². The van der Waals surface area contributed by atoms with E-state index in [2.05, 4.69) is 10.6 Å². The monoisotopic (exact) mass is 317 g/mol. The lowest BCUT2D eigenvalue weighted by Crippen LogP contribution is -2.19. The highest BCUT2D eigenvalue weighted by atomic mass is 16.6. The maximum absolute atomic E-state index is 12.0. The van der Waals surface area contributed by atoms with Gasteiger partial charge in [-0.05, 0) is 18.2 Å². The molecule has 2 aromatic carbocycles. The number of methoxy groups -OCH3 is 2. The third-order valence-corrected chi connectivity index (χ3v) is 2.97. The highest BCUT2D eigenvalue weighted by molar-refractivity contribution is 6.00. The van der Waals surface area contributed by atoms with Crippen LogP contribution in [-0.2, 0) is 0 Å². The number of non-ortho nitro benzene ring substituents is 1. The molecular weight excluding hydrogens is 302 g/mol. The molecule has 2 amide bonds. The van der Waals surface area contributed by atoms with Gasteiger partial charge in [-0.1, -0.05) is 6.07 Å². The lowest BCUT2D eigenvalue weighted by Gasteiger charge is -2.12. The Kier molecular flexibility index (Phi) is 4.98. The summed E-state index contributed by atoms with van der Waals surface area (Å²) >= 11 is 0. The largest absolute Gasteiger partial charge is 0.497 e. The van der Waals surface area contributed by atoms with Gasteiger partial charge in [0.25, 0.3) is 5.69 Å². The Hall–Kier alpha value is -3.29. The summed E-state index contributed by atoms with van der Waals surface area (Å²) in [6, 6.07) is 10.0. The van der Waals surface area contributed by atoms with Crippen LogP contribution in [0.3, 0.4) is 0 Å². The minimum atomic E-state index is -0.547. The molecule has 0 unspecified atom stereocenters. The maximum atomic E-state index is 12.0. The summed E-state index contributed by atoms with van der Waals surface area (Å²) in [5.41, 5.74) is 0.644. The second-order valence-corrected chi connectivity index (χ2v) is 4.45. The Morgan fingerprint density at radius 3 is 2.52 bits per heavy atom. The second-order valence-electron chi connectivity index (χ2n) is 4.45. The van der Waals surface area contributed by atoms with Crippen molar-refractivity contribution in [2.24, 2.45) is 0 Å². The zero-order chi connectivity index (χ0) is 16.8. The van der Waals surface area contributed by atoms with E-state index < -0.39 is 11.0 Å². The molecule has 0 aromatic heterocycles. The fourth-order valence-corrected chi connectivity index (χ4v) is 1.88. The Morgan fingerprint density at radius 1 is 1.09 bits per heavy atom. The van der Waals surface area contributed by atoms with Crippen molar-refractivity contribution in [3.63, 3.8) is 0 Å². The smallest absolute Gasteiger partial charge is 0.323 e. The third-order valence-electron chi connectivity index (χ3n) is 2.97. The SMILES string of the molecule is COc1ccc(NC(=O)Nc2cccc([N+](=O)[O-])c2)c(OC)c1. The first kappa shape index (κ1) is 16.1. The number of ether oxygens (including phenoxy) is 2. The van der Waals surface area contributed by atoms with Crippen LogP contribution in [-0.4, -0.2) is 25.2 Å². The highest BCUT2D eigenvalue weighted by Crippen LogP contribution is 2.29. The van der Waals surface area contributed by atoms with E-state index in [1.165, 1.54) is 32.4 Å². The van der Waals surface area contributed by atoms with Gasteiger partial charge in [-0.3, -0.25) is 10.1 Å². The zero-order valence-electron chi connectivity index (χ0n) is 12.5. The molecular formula is C15H15N3O5. The number of nitro benzene ring substituents is 1. The number of rotatable bonds is 5. The third kappa shape index (κ3) is 4.10. The quantitative estimate of drug-likeness (QED) is 0.651. The van der Waals surface area contributed by atoms with Gasteiger partial charge in [0.2, 0.25) is 0 Å². The zero-order valence-corrected chi connectivity index (χ0v) is 12.5. The van der Waals surface area contributed by atoms with Gasteiger partial charge >= 0.3 is 6.03 Å². The van der Waals surface area contributed by atoms with E-state index in [1.54, 1.807) is 24.3 Å². The second kappa shape index (κ2) is 7.12. The van der Waals surface area contributed by atoms with E-state index in [0.29, 0.717) is 22.9 Å². The van der Waals surface area contributed by atoms with Gasteiger partial charge in [-0.2, -0.15) is 0 Å². The number of hydrogen-bond acceptors (Lipinski definition) is 5. The van der Waals surface area contributed by atoms with Gasteiger partial charge in [0.15, 0.2) is 0 Å². The first-order chi connectivity index (χ1) is 11.0. The molecule has 0 saturated heterocycles. The molecule has 2 rings (SSSR count). The van der Waals surface area contributed by atoms with Crippen LogP contribution in [0.5, 0.6) is 11.5 Å². The van der Waals surface area contributed by atoms with E-state index in [0.717, 1.165) is 0 Å². The summed E-state index contributed by atoms with van der Waals surface area (Å²) in [4.78, 5) is 22.2. The van der Waals surface area contributed by atoms with E-state index in [9.17, 15) is 14.9 Å². The van der Waals surface area contributed by atoms with Crippen LogP contribution in [0.1, 0.15) is 0 Å². The Morgan fingerprint density at radius 2 is 1.87 bits per heavy atom. The molecule has 0 fully saturated rings. The van der Waals surface area contributed by atoms with Crippen LogP contribution in [0.4, 0.5) is 21.9 Å². The van der Waals surface area contributed by atoms with E-state index in [4.69, 9.17) is 9.47 Å². The standard InChI is InChI=1S/C15H15N3O5/c1-22-12-6-7-13(14(9-12)23-2)17-15(19)16-10-4-3-5-11(8-10)18(20)21/h3-9H,1-2H3,(H2,16,17,19). The molecule has 0 aliphatic rings. The molecule has 120 valence electrons. The van der Waals surface area contributed by atoms with Gasteiger partial charge in [0, 0.05) is 23.9 Å². The van der Waals surface area contributed by atoms with Crippen LogP contribution in [0, 0.1) is 10.1 Å². The lowest BCUT2D eigenvalue weighted by atomic mass is 10.2. The molecule has 2 N–H and O–H groups in total. The summed E-state index contributed by atoms with van der Waals surface area (Å²) in [5.74, 6) is 1.02. The summed E-state index contributed by atoms with van der Waals surface area (Å²) < 4.78 is 10.3. The minimum Gasteiger partial charge on any atom is -0.497 e. The van der Waals surface area contributed by atoms with Gasteiger partial charge < -0.3 is 20.1 Å². The number of carbonyl (C=O) groups excluding carboxylic acids is 1. The van der Waals surface area contributed by atoms with Crippen molar-refractivity contribution in [2.75, 3.05) is 24.9 Å². The lowest BCUT2D eigenvalue weighted by molar-refractivity contribution is -0.384. The number of urea groups is 1. The summed E-state index contributed by atoms with van der Waals surface area (Å²) in [6.45, 7) is 0. The van der Waals surface area contributed by atoms with Crippen LogP contribution in [0.2, 0.25) is 0 Å². The van der Waals surface area contributed by atoms with Crippen molar-refractivity contribution in [3.05, 3.63) is 52.6 Å². The predicted molar refractivity (Wildman–Crippen MR) is 85.3 cm³/mol. The Balaban J connectivity index is 2.10. The average Bonchev–Trinajstić information content (AvgIpc) is 2.55. The number of benzene rings is 2. The molecule has 0 aliphatic heterocycles. The number of nitrogens with zero attached hydrogens (tertiary/aromatic N) is 1. The fourth-order valence-electron chi connectivity index (χ4n) is 1.88. The molecule has 0 saturated carbocycles. The molecule has 0 atom stereocenters. The van der Waals surface area contributed by atoms with Crippen molar-refractivity contribution in [2.45, 2.75) is 0 Å². The Bertz CT molecular complexity index is 733. The number of anilines is 2. The number of nitro groups is 1. The van der Waals surface area contributed by atoms with Crippen LogP contribution >= 0.6 is 0 Å². The van der Waals surface area contributed by atoms with Crippen molar-refractivity contribution in [1.82, 2.24) is 0 Å². The van der Waals surface area contributed by atoms with Gasteiger partial charge in [-0.25, -0.2) is 4.79 Å². The molecule has 0 aliphatic carbocycles. The summed E-state index contributed by atoms with van der Waals surface area (Å²) in [6.07, 6.45) is 0. The molecule has 23 heavy (non-hydrogen) atoms. The molecule has 0 radical (unpaired) electrons. The van der Waals surface area contributed by atoms with Crippen molar-refractivity contribution in [3.8, 4) is 11.5 Å². The normalized spacial score (nSPS) is 9.83. The van der Waals surface area contributed by atoms with Gasteiger partial charge in [-0.15, -0.1) is 0 Å². The van der Waals surface area contributed by atoms with Crippen LogP contribution < -0.4 is 20.1 Å². The maximum Gasteiger partial charge on any atom is 0.323 e. The van der Waals surface area contributed by atoms with Gasteiger partial charge in [0.05, 0.1) is 24.8 Å². The molecule has 0 spiro atoms. The number of amides is 2. The molecule has 0 bridgehead atoms. The van der Waals surface area contributed by atoms with Crippen molar-refractivity contribution < 1.29 is 19.2 Å². The average molecular weight is 317 g/mol. The Labute approximate surface area is 132 Å². The number of nitrogens with one attached hydrogen (secondary N) is 2. The van der Waals surface area contributed by atoms with Gasteiger partial charge in [0.1, 0.15) is 11.5 Å². The van der Waals surface area contributed by atoms with E-state index >= 15 is 0 Å². The first-order valence-corrected chi connectivity index (χ1v) is 6.58. The van der Waals surface area contributed by atoms with E-state index in [1.807, 2.05) is 0 Å². The first-order valence-electron chi connectivity index (χ1n) is 6.58. The predicted octanol–water partition coefficient (Wildman–Crippen LogP) is 3.26. The highest BCUT2D eigenvalue weighted by Gasteiger charge is 2.11. The van der Waals surface area contributed by atoms with Crippen LogP contribution in [0.15, 0.2) is 42.5 Å².